The van der Waals surface area contributed by atoms with Crippen molar-refractivity contribution in [2.45, 2.75) is 25.3 Å². The molecule has 5 aromatic rings. The van der Waals surface area contributed by atoms with Crippen LogP contribution >= 0.6 is 11.3 Å². The third-order valence-corrected chi connectivity index (χ3v) is 7.11. The Morgan fingerprint density at radius 2 is 1.72 bits per heavy atom. The number of benzene rings is 3. The lowest BCUT2D eigenvalue weighted by atomic mass is 10.1. The highest BCUT2D eigenvalue weighted by atomic mass is 32.1. The van der Waals surface area contributed by atoms with Crippen LogP contribution < -0.4 is 10.6 Å². The van der Waals surface area contributed by atoms with Crippen LogP contribution in [0.25, 0.3) is 22.0 Å². The summed E-state index contributed by atoms with van der Waals surface area (Å²) in [5.41, 5.74) is 2.80. The third-order valence-electron chi connectivity index (χ3n) is 6.34. The second-order valence-corrected chi connectivity index (χ2v) is 9.87. The number of nitrogens with zero attached hydrogens (tertiary/aromatic N) is 2. The number of unbranched alkanes of at least 4 members (excludes halogenated alkanes) is 1. The van der Waals surface area contributed by atoms with Gasteiger partial charge in [0.25, 0.3) is 11.8 Å². The molecule has 198 valence electrons. The Kier molecular flexibility index (Phi) is 8.02. The zero-order valence-electron chi connectivity index (χ0n) is 20.8. The minimum atomic E-state index is -0.904. The van der Waals surface area contributed by atoms with Gasteiger partial charge in [-0.25, -0.2) is 13.8 Å². The molecule has 5 rings (SSSR count). The summed E-state index contributed by atoms with van der Waals surface area (Å²) in [5.74, 6) is -2.26. The number of halogens is 2. The molecule has 0 aliphatic rings. The normalized spacial score (nSPS) is 11.8. The molecule has 2 amide bonds. The van der Waals surface area contributed by atoms with Crippen LogP contribution in [-0.2, 0) is 0 Å². The van der Waals surface area contributed by atoms with Crippen molar-refractivity contribution < 1.29 is 18.4 Å². The van der Waals surface area contributed by atoms with E-state index in [9.17, 15) is 18.4 Å². The highest BCUT2D eigenvalue weighted by Crippen LogP contribution is 2.26. The minimum absolute atomic E-state index is 0.225. The number of hydrogen-bond donors (Lipinski definition) is 3. The molecule has 3 N–H and O–H groups in total. The molecule has 2 heterocycles. The second-order valence-electron chi connectivity index (χ2n) is 8.98. The maximum absolute atomic E-state index is 13.9. The van der Waals surface area contributed by atoms with Gasteiger partial charge in [-0.05, 0) is 48.2 Å². The third kappa shape index (κ3) is 6.18. The van der Waals surface area contributed by atoms with Crippen molar-refractivity contribution in [2.75, 3.05) is 6.54 Å². The molecule has 1 atom stereocenters. The summed E-state index contributed by atoms with van der Waals surface area (Å²) in [7, 11) is 0. The lowest BCUT2D eigenvalue weighted by Crippen LogP contribution is -2.29. The summed E-state index contributed by atoms with van der Waals surface area (Å²) in [5, 5.41) is 7.83. The lowest BCUT2D eigenvalue weighted by Gasteiger charge is -2.16. The summed E-state index contributed by atoms with van der Waals surface area (Å²) in [6.07, 6.45) is 4.93. The Morgan fingerprint density at radius 3 is 2.49 bits per heavy atom. The summed E-state index contributed by atoms with van der Waals surface area (Å²) in [4.78, 5) is 37.4. The van der Waals surface area contributed by atoms with Crippen LogP contribution in [-0.4, -0.2) is 33.3 Å². The van der Waals surface area contributed by atoms with Gasteiger partial charge in [-0.15, -0.1) is 11.3 Å². The van der Waals surface area contributed by atoms with Crippen molar-refractivity contribution in [3.05, 3.63) is 106 Å². The predicted molar refractivity (Wildman–Crippen MR) is 146 cm³/mol. The van der Waals surface area contributed by atoms with Crippen LogP contribution in [0.4, 0.5) is 8.78 Å². The number of carbonyl (C=O) groups excluding carboxylic acids is 2. The van der Waals surface area contributed by atoms with Gasteiger partial charge < -0.3 is 15.6 Å². The standard InChI is InChI=1S/C29H25F2N5O2S/c30-21-8-5-9-22(31)26(21)29(38)33-13-4-3-10-23(36-28(37)25-16-32-17-39-25)27-34-15-24(35-27)20-12-11-18-6-1-2-7-19(18)14-20/h1-2,5-9,11-12,14-17,23H,3-4,10,13H2,(H,33,38)(H,34,35)(H,36,37). The van der Waals surface area contributed by atoms with Crippen LogP contribution in [0.1, 0.15) is 51.2 Å². The zero-order chi connectivity index (χ0) is 27.2. The van der Waals surface area contributed by atoms with Crippen molar-refractivity contribution >= 4 is 33.9 Å². The van der Waals surface area contributed by atoms with Gasteiger partial charge in [0.05, 0.1) is 29.6 Å². The SMILES string of the molecule is O=C(NC(CCCCNC(=O)c1c(F)cccc1F)c1ncc(-c2ccc3ccccc3c2)[nH]1)c1cncs1. The van der Waals surface area contributed by atoms with Gasteiger partial charge in [-0.1, -0.05) is 42.5 Å². The van der Waals surface area contributed by atoms with Crippen LogP contribution in [0, 0.1) is 11.6 Å². The van der Waals surface area contributed by atoms with Crippen LogP contribution in [0.2, 0.25) is 0 Å². The monoisotopic (exact) mass is 545 g/mol. The predicted octanol–water partition coefficient (Wildman–Crippen LogP) is 6.04. The molecule has 0 aliphatic heterocycles. The van der Waals surface area contributed by atoms with Gasteiger partial charge in [0.1, 0.15) is 27.9 Å². The van der Waals surface area contributed by atoms with Crippen LogP contribution in [0.5, 0.6) is 0 Å². The first-order chi connectivity index (χ1) is 19.0. The number of aromatic amines is 1. The average Bonchev–Trinajstić information content (AvgIpc) is 3.65. The number of rotatable bonds is 10. The molecule has 0 saturated carbocycles. The Hall–Kier alpha value is -4.44. The number of carbonyl (C=O) groups is 2. The summed E-state index contributed by atoms with van der Waals surface area (Å²) in [6.45, 7) is 0.225. The van der Waals surface area contributed by atoms with E-state index >= 15 is 0 Å². The first kappa shape index (κ1) is 26.2. The molecular formula is C29H25F2N5O2S. The van der Waals surface area contributed by atoms with Gasteiger partial charge in [0.2, 0.25) is 0 Å². The number of amides is 2. The van der Waals surface area contributed by atoms with Gasteiger partial charge in [0.15, 0.2) is 0 Å². The Labute approximate surface area is 227 Å². The number of H-pyrrole nitrogens is 1. The van der Waals surface area contributed by atoms with E-state index in [0.717, 1.165) is 34.2 Å². The Bertz CT molecular complexity index is 1580. The Balaban J connectivity index is 1.25. The van der Waals surface area contributed by atoms with Gasteiger partial charge in [-0.2, -0.15) is 0 Å². The topological polar surface area (TPSA) is 99.8 Å². The molecule has 39 heavy (non-hydrogen) atoms. The fourth-order valence-corrected chi connectivity index (χ4v) is 4.85. The largest absolute Gasteiger partial charge is 0.352 e. The quantitative estimate of drug-likeness (QED) is 0.186. The molecule has 0 saturated heterocycles. The van der Waals surface area contributed by atoms with Crippen molar-refractivity contribution in [1.29, 1.82) is 0 Å². The molecule has 0 radical (unpaired) electrons. The molecule has 0 aliphatic carbocycles. The van der Waals surface area contributed by atoms with Gasteiger partial charge in [-0.3, -0.25) is 14.6 Å². The molecule has 0 fully saturated rings. The van der Waals surface area contributed by atoms with E-state index in [1.165, 1.54) is 23.6 Å². The molecule has 1 unspecified atom stereocenters. The van der Waals surface area contributed by atoms with E-state index in [2.05, 4.69) is 43.8 Å². The summed E-state index contributed by atoms with van der Waals surface area (Å²) in [6, 6.07) is 17.1. The molecule has 2 aromatic heterocycles. The minimum Gasteiger partial charge on any atom is -0.352 e. The maximum Gasteiger partial charge on any atom is 0.263 e. The van der Waals surface area contributed by atoms with Crippen molar-refractivity contribution in [3.63, 3.8) is 0 Å². The number of aromatic nitrogens is 3. The zero-order valence-corrected chi connectivity index (χ0v) is 21.6. The number of fused-ring (bicyclic) bond motifs is 1. The fourth-order valence-electron chi connectivity index (χ4n) is 4.33. The molecule has 3 aromatic carbocycles. The van der Waals surface area contributed by atoms with Crippen molar-refractivity contribution in [1.82, 2.24) is 25.6 Å². The maximum atomic E-state index is 13.9. The number of thiazole rings is 1. The highest BCUT2D eigenvalue weighted by molar-refractivity contribution is 7.11. The number of hydrogen-bond acceptors (Lipinski definition) is 5. The molecule has 10 heteroatoms. The van der Waals surface area contributed by atoms with Crippen molar-refractivity contribution in [2.24, 2.45) is 0 Å². The first-order valence-electron chi connectivity index (χ1n) is 12.5. The molecule has 7 nitrogen and oxygen atoms in total. The van der Waals surface area contributed by atoms with Crippen LogP contribution in [0.3, 0.4) is 0 Å². The van der Waals surface area contributed by atoms with Gasteiger partial charge in [0, 0.05) is 12.1 Å². The smallest absolute Gasteiger partial charge is 0.263 e. The molecular weight excluding hydrogens is 520 g/mol. The van der Waals surface area contributed by atoms with E-state index in [0.29, 0.717) is 30.0 Å². The van der Waals surface area contributed by atoms with E-state index < -0.39 is 29.1 Å². The van der Waals surface area contributed by atoms with Gasteiger partial charge >= 0.3 is 0 Å². The van der Waals surface area contributed by atoms with E-state index in [1.54, 1.807) is 11.7 Å². The second kappa shape index (κ2) is 12.0. The van der Waals surface area contributed by atoms with E-state index in [4.69, 9.17) is 0 Å². The first-order valence-corrected chi connectivity index (χ1v) is 13.3. The lowest BCUT2D eigenvalue weighted by molar-refractivity contribution is 0.0934. The number of imidazole rings is 1. The summed E-state index contributed by atoms with van der Waals surface area (Å²) >= 11 is 1.24. The average molecular weight is 546 g/mol. The van der Waals surface area contributed by atoms with Crippen LogP contribution in [0.15, 0.2) is 78.6 Å². The number of nitrogens with one attached hydrogen (secondary N) is 3. The van der Waals surface area contributed by atoms with E-state index in [1.807, 2.05) is 24.3 Å². The summed E-state index contributed by atoms with van der Waals surface area (Å²) < 4.78 is 27.7. The van der Waals surface area contributed by atoms with E-state index in [-0.39, 0.29) is 12.5 Å². The molecule has 0 spiro atoms. The van der Waals surface area contributed by atoms with Crippen molar-refractivity contribution in [3.8, 4) is 11.3 Å². The molecule has 0 bridgehead atoms. The highest BCUT2D eigenvalue weighted by Gasteiger charge is 2.20. The fraction of sp³-hybridized carbons (Fsp3) is 0.172. The Morgan fingerprint density at radius 1 is 0.923 bits per heavy atom.